The summed E-state index contributed by atoms with van der Waals surface area (Å²) in [5.74, 6) is -0.653. The van der Waals surface area contributed by atoms with Crippen LogP contribution in [0.3, 0.4) is 0 Å². The maximum absolute atomic E-state index is 11.4. The highest BCUT2D eigenvalue weighted by atomic mass is 16.2. The van der Waals surface area contributed by atoms with Gasteiger partial charge in [0, 0.05) is 5.69 Å². The molecule has 74 valence electrons. The highest BCUT2D eigenvalue weighted by Crippen LogP contribution is 2.18. The normalized spacial score (nSPS) is 14.9. The third-order valence-electron chi connectivity index (χ3n) is 2.60. The summed E-state index contributed by atoms with van der Waals surface area (Å²) in [7, 11) is 0. The first kappa shape index (κ1) is 8.99. The first-order chi connectivity index (χ1) is 6.68. The Hall–Kier alpha value is -1.58. The highest BCUT2D eigenvalue weighted by molar-refractivity contribution is 5.92. The zero-order valence-corrected chi connectivity index (χ0v) is 7.80. The minimum absolute atomic E-state index is 0.0747. The fourth-order valence-corrected chi connectivity index (χ4v) is 1.86. The van der Waals surface area contributed by atoms with Crippen molar-refractivity contribution >= 4 is 5.91 Å². The van der Waals surface area contributed by atoms with Crippen molar-refractivity contribution in [2.24, 2.45) is 5.73 Å². The van der Waals surface area contributed by atoms with Crippen molar-refractivity contribution < 1.29 is 4.79 Å². The fourth-order valence-electron chi connectivity index (χ4n) is 1.86. The number of primary amides is 1. The molecule has 0 fully saturated rings. The number of H-pyrrole nitrogens is 1. The highest BCUT2D eigenvalue weighted by Gasteiger charge is 2.14. The van der Waals surface area contributed by atoms with Crippen LogP contribution in [0.2, 0.25) is 0 Å². The number of hydrogen-bond acceptors (Lipinski definition) is 2. The van der Waals surface area contributed by atoms with Crippen LogP contribution in [0.4, 0.5) is 0 Å². The molecule has 1 heterocycles. The number of pyridine rings is 1. The second-order valence-electron chi connectivity index (χ2n) is 3.59. The van der Waals surface area contributed by atoms with Crippen molar-refractivity contribution in [2.75, 3.05) is 0 Å². The molecule has 1 aliphatic carbocycles. The third kappa shape index (κ3) is 1.43. The zero-order chi connectivity index (χ0) is 10.1. The smallest absolute Gasteiger partial charge is 0.261 e. The average molecular weight is 192 g/mol. The van der Waals surface area contributed by atoms with E-state index in [0.717, 1.165) is 36.9 Å². The van der Waals surface area contributed by atoms with Gasteiger partial charge < -0.3 is 10.7 Å². The molecule has 3 N–H and O–H groups in total. The molecule has 0 saturated heterocycles. The van der Waals surface area contributed by atoms with Crippen LogP contribution in [0.25, 0.3) is 0 Å². The molecule has 0 saturated carbocycles. The Morgan fingerprint density at radius 2 is 2.07 bits per heavy atom. The van der Waals surface area contributed by atoms with Gasteiger partial charge in [0.1, 0.15) is 5.56 Å². The van der Waals surface area contributed by atoms with E-state index in [1.54, 1.807) is 6.07 Å². The molecule has 2 rings (SSSR count). The molecule has 0 radical (unpaired) electrons. The number of nitrogens with two attached hydrogens (primary N) is 1. The number of carbonyl (C=O) groups is 1. The van der Waals surface area contributed by atoms with Gasteiger partial charge in [-0.1, -0.05) is 0 Å². The lowest BCUT2D eigenvalue weighted by Crippen LogP contribution is -2.26. The van der Waals surface area contributed by atoms with Crippen LogP contribution in [0.15, 0.2) is 10.9 Å². The van der Waals surface area contributed by atoms with Crippen LogP contribution in [0, 0.1) is 0 Å². The molecule has 0 atom stereocenters. The van der Waals surface area contributed by atoms with Crippen molar-refractivity contribution in [3.8, 4) is 0 Å². The predicted molar refractivity (Wildman–Crippen MR) is 52.2 cm³/mol. The summed E-state index contributed by atoms with van der Waals surface area (Å²) in [6.07, 6.45) is 4.02. The molecule has 4 heteroatoms. The topological polar surface area (TPSA) is 76.0 Å². The van der Waals surface area contributed by atoms with Gasteiger partial charge >= 0.3 is 0 Å². The summed E-state index contributed by atoms with van der Waals surface area (Å²) in [4.78, 5) is 25.0. The Morgan fingerprint density at radius 3 is 2.79 bits per heavy atom. The zero-order valence-electron chi connectivity index (χ0n) is 7.80. The van der Waals surface area contributed by atoms with Crippen LogP contribution >= 0.6 is 0 Å². The van der Waals surface area contributed by atoms with E-state index in [-0.39, 0.29) is 11.1 Å². The lowest BCUT2D eigenvalue weighted by Gasteiger charge is -2.15. The van der Waals surface area contributed by atoms with E-state index >= 15 is 0 Å². The second kappa shape index (κ2) is 3.29. The Balaban J connectivity index is 2.56. The lowest BCUT2D eigenvalue weighted by molar-refractivity contribution is 0.0998. The molecule has 0 bridgehead atoms. The summed E-state index contributed by atoms with van der Waals surface area (Å²) in [6, 6.07) is 1.63. The SMILES string of the molecule is NC(=O)c1cc2c([nH]c1=O)CCCC2. The van der Waals surface area contributed by atoms with E-state index < -0.39 is 5.91 Å². The average Bonchev–Trinajstić information content (AvgIpc) is 2.16. The number of rotatable bonds is 1. The number of carbonyl (C=O) groups excluding carboxylic acids is 1. The number of nitrogens with one attached hydrogen (secondary N) is 1. The summed E-state index contributed by atoms with van der Waals surface area (Å²) in [5, 5.41) is 0. The first-order valence-corrected chi connectivity index (χ1v) is 4.73. The maximum Gasteiger partial charge on any atom is 0.261 e. The molecular formula is C10H12N2O2. The van der Waals surface area contributed by atoms with Gasteiger partial charge in [0.05, 0.1) is 0 Å². The van der Waals surface area contributed by atoms with Crippen molar-refractivity contribution in [1.29, 1.82) is 0 Å². The molecule has 1 aromatic rings. The number of amides is 1. The Labute approximate surface area is 81.1 Å². The molecule has 14 heavy (non-hydrogen) atoms. The van der Waals surface area contributed by atoms with Crippen LogP contribution < -0.4 is 11.3 Å². The van der Waals surface area contributed by atoms with Gasteiger partial charge in [0.25, 0.3) is 11.5 Å². The van der Waals surface area contributed by atoms with Gasteiger partial charge in [0.2, 0.25) is 0 Å². The van der Waals surface area contributed by atoms with E-state index in [2.05, 4.69) is 4.98 Å². The van der Waals surface area contributed by atoms with Gasteiger partial charge in [-0.25, -0.2) is 0 Å². The minimum Gasteiger partial charge on any atom is -0.365 e. The quantitative estimate of drug-likeness (QED) is 0.673. The van der Waals surface area contributed by atoms with E-state index in [0.29, 0.717) is 0 Å². The predicted octanol–water partition coefficient (Wildman–Crippen LogP) is 0.353. The van der Waals surface area contributed by atoms with Gasteiger partial charge in [-0.05, 0) is 37.3 Å². The molecule has 0 spiro atoms. The van der Waals surface area contributed by atoms with Gasteiger partial charge in [0.15, 0.2) is 0 Å². The monoisotopic (exact) mass is 192 g/mol. The molecule has 0 aliphatic heterocycles. The molecular weight excluding hydrogens is 180 g/mol. The molecule has 0 unspecified atom stereocenters. The number of hydrogen-bond donors (Lipinski definition) is 2. The van der Waals surface area contributed by atoms with E-state index in [9.17, 15) is 9.59 Å². The first-order valence-electron chi connectivity index (χ1n) is 4.73. The van der Waals surface area contributed by atoms with Crippen LogP contribution in [-0.4, -0.2) is 10.9 Å². The summed E-state index contributed by atoms with van der Waals surface area (Å²) < 4.78 is 0. The maximum atomic E-state index is 11.4. The Bertz CT molecular complexity index is 434. The van der Waals surface area contributed by atoms with Gasteiger partial charge in [-0.3, -0.25) is 9.59 Å². The number of aromatic amines is 1. The number of aromatic nitrogens is 1. The van der Waals surface area contributed by atoms with Crippen LogP contribution in [0.1, 0.15) is 34.5 Å². The van der Waals surface area contributed by atoms with Crippen molar-refractivity contribution in [2.45, 2.75) is 25.7 Å². The summed E-state index contributed by atoms with van der Waals surface area (Å²) >= 11 is 0. The van der Waals surface area contributed by atoms with Crippen LogP contribution in [0.5, 0.6) is 0 Å². The summed E-state index contributed by atoms with van der Waals surface area (Å²) in [5.41, 5.74) is 6.82. The molecule has 1 aromatic heterocycles. The Morgan fingerprint density at radius 1 is 1.36 bits per heavy atom. The van der Waals surface area contributed by atoms with Crippen molar-refractivity contribution in [3.05, 3.63) is 33.2 Å². The standard InChI is InChI=1S/C10H12N2O2/c11-9(13)7-5-6-3-1-2-4-8(6)12-10(7)14/h5H,1-4H2,(H2,11,13)(H,12,14). The van der Waals surface area contributed by atoms with Crippen molar-refractivity contribution in [1.82, 2.24) is 4.98 Å². The van der Waals surface area contributed by atoms with Crippen LogP contribution in [-0.2, 0) is 12.8 Å². The minimum atomic E-state index is -0.653. The summed E-state index contributed by atoms with van der Waals surface area (Å²) in [6.45, 7) is 0. The fraction of sp³-hybridized carbons (Fsp3) is 0.400. The Kier molecular flexibility index (Phi) is 2.11. The largest absolute Gasteiger partial charge is 0.365 e. The molecule has 4 nitrogen and oxygen atoms in total. The van der Waals surface area contributed by atoms with Gasteiger partial charge in [-0.15, -0.1) is 0 Å². The number of aryl methyl sites for hydroxylation is 2. The third-order valence-corrected chi connectivity index (χ3v) is 2.60. The lowest BCUT2D eigenvalue weighted by atomic mass is 9.95. The molecule has 1 amide bonds. The van der Waals surface area contributed by atoms with E-state index in [1.165, 1.54) is 0 Å². The van der Waals surface area contributed by atoms with Gasteiger partial charge in [-0.2, -0.15) is 0 Å². The number of fused-ring (bicyclic) bond motifs is 1. The molecule has 0 aromatic carbocycles. The van der Waals surface area contributed by atoms with E-state index in [1.807, 2.05) is 0 Å². The van der Waals surface area contributed by atoms with E-state index in [4.69, 9.17) is 5.73 Å². The molecule has 1 aliphatic rings. The van der Waals surface area contributed by atoms with Crippen molar-refractivity contribution in [3.63, 3.8) is 0 Å². The second-order valence-corrected chi connectivity index (χ2v) is 3.59.